The number of nitrogens with one attached hydrogen (secondary N) is 1. The van der Waals surface area contributed by atoms with E-state index in [1.54, 1.807) is 30.5 Å². The number of aliphatic hydroxyl groups excluding tert-OH is 4. The number of hydrogen-bond donors (Lipinski definition) is 9. The highest BCUT2D eigenvalue weighted by Gasteiger charge is 2.51. The topological polar surface area (TPSA) is 246 Å². The first-order chi connectivity index (χ1) is 26.9. The van der Waals surface area contributed by atoms with Gasteiger partial charge >= 0.3 is 5.97 Å². The van der Waals surface area contributed by atoms with Gasteiger partial charge < -0.3 is 55.3 Å². The quantitative estimate of drug-likeness (QED) is 0.0996. The van der Waals surface area contributed by atoms with Gasteiger partial charge in [-0.1, -0.05) is 43.5 Å². The fraction of sp³-hybridized carbons (Fsp3) is 0.390. The minimum Gasteiger partial charge on any atom is -0.508 e. The van der Waals surface area contributed by atoms with E-state index in [-0.39, 0.29) is 29.4 Å². The Balaban J connectivity index is 1.29. The van der Waals surface area contributed by atoms with E-state index in [1.165, 1.54) is 36.7 Å². The normalized spacial score (nSPS) is 25.9. The number of anilines is 1. The summed E-state index contributed by atoms with van der Waals surface area (Å²) in [5.41, 5.74) is 2.32. The molecule has 3 aromatic carbocycles. The van der Waals surface area contributed by atoms with E-state index >= 15 is 0 Å². The van der Waals surface area contributed by atoms with Gasteiger partial charge in [-0.25, -0.2) is 9.78 Å². The Hall–Kier alpha value is -5.45. The monoisotopic (exact) mass is 771 g/mol. The zero-order valence-corrected chi connectivity index (χ0v) is 30.3. The maximum Gasteiger partial charge on any atom is 0.327 e. The smallest absolute Gasteiger partial charge is 0.327 e. The van der Waals surface area contributed by atoms with Crippen LogP contribution in [-0.2, 0) is 26.2 Å². The van der Waals surface area contributed by atoms with Crippen molar-refractivity contribution in [2.75, 3.05) is 11.5 Å². The average molecular weight is 772 g/mol. The van der Waals surface area contributed by atoms with Crippen LogP contribution in [-0.4, -0.2) is 106 Å². The Bertz CT molecular complexity index is 2080. The summed E-state index contributed by atoms with van der Waals surface area (Å²) in [5, 5.41) is 84.9. The first-order valence-corrected chi connectivity index (χ1v) is 18.6. The molecule has 4 aromatic rings. The van der Waals surface area contributed by atoms with Gasteiger partial charge in [-0.2, -0.15) is 0 Å². The van der Waals surface area contributed by atoms with Crippen LogP contribution in [0.15, 0.2) is 73.2 Å². The number of aliphatic carboxylic acids is 1. The highest BCUT2D eigenvalue weighted by molar-refractivity contribution is 6.10. The number of ether oxygens (including phenoxy) is 2. The molecule has 0 radical (unpaired) electrons. The van der Waals surface area contributed by atoms with Gasteiger partial charge in [0.25, 0.3) is 5.91 Å². The third-order valence-corrected chi connectivity index (χ3v) is 11.4. The lowest BCUT2D eigenvalue weighted by Gasteiger charge is -2.41. The molecule has 56 heavy (non-hydrogen) atoms. The van der Waals surface area contributed by atoms with Crippen LogP contribution in [0.1, 0.15) is 72.4 Å². The third kappa shape index (κ3) is 7.43. The lowest BCUT2D eigenvalue weighted by molar-refractivity contribution is -0.277. The molecule has 2 aliphatic heterocycles. The Morgan fingerprint density at radius 3 is 2.41 bits per heavy atom. The lowest BCUT2D eigenvalue weighted by atomic mass is 9.63. The zero-order valence-electron chi connectivity index (χ0n) is 30.3. The van der Waals surface area contributed by atoms with Crippen molar-refractivity contribution in [2.45, 2.75) is 93.0 Å². The number of aromatic hydroxyl groups is 3. The Morgan fingerprint density at radius 2 is 1.71 bits per heavy atom. The predicted molar refractivity (Wildman–Crippen MR) is 200 cm³/mol. The molecular formula is C41H45N3O12. The fourth-order valence-electron chi connectivity index (χ4n) is 8.56. The molecular weight excluding hydrogens is 726 g/mol. The van der Waals surface area contributed by atoms with Gasteiger partial charge in [0.05, 0.1) is 18.6 Å². The summed E-state index contributed by atoms with van der Waals surface area (Å²) in [6, 6.07) is 12.9. The number of carbonyl (C=O) groups is 2. The highest BCUT2D eigenvalue weighted by atomic mass is 16.7. The average Bonchev–Trinajstić information content (AvgIpc) is 3.81. The number of aromatic amines is 1. The summed E-state index contributed by atoms with van der Waals surface area (Å²) >= 11 is 0. The maximum absolute atomic E-state index is 14.4. The Morgan fingerprint density at radius 1 is 0.946 bits per heavy atom. The molecule has 7 atom stereocenters. The standard InChI is InChI=1S/C41H45N3O12/c45-20-33-36(50)37(51)38(52)40(56-33)55-32-17-28-25(16-31(32)48)26(18-41(12-4-1-5-13-41)27-6-2-3-7-30(27)47)35(39(53)54)44(28)34(49)11-9-22-8-10-29(46)23(14-22)15-24-19-42-21-43-24/h2-3,6-11,14,16-17,19,21,26,33,35-38,40,45-48,50-52H,1,4-5,12-13,15,18,20H2,(H,42,43)(H,53,54). The molecule has 0 bridgehead atoms. The molecule has 1 aromatic heterocycles. The maximum atomic E-state index is 14.4. The van der Waals surface area contributed by atoms with Crippen molar-refractivity contribution in [3.63, 3.8) is 0 Å². The van der Waals surface area contributed by atoms with E-state index < -0.39 is 72.3 Å². The van der Waals surface area contributed by atoms with Crippen molar-refractivity contribution in [2.24, 2.45) is 0 Å². The number of H-pyrrole nitrogens is 1. The molecule has 15 nitrogen and oxygen atoms in total. The second-order valence-corrected chi connectivity index (χ2v) is 14.8. The molecule has 0 spiro atoms. The van der Waals surface area contributed by atoms with Crippen molar-refractivity contribution in [3.05, 3.63) is 101 Å². The molecule has 9 N–H and O–H groups in total. The van der Waals surface area contributed by atoms with Crippen LogP contribution >= 0.6 is 0 Å². The minimum absolute atomic E-state index is 0.0400. The van der Waals surface area contributed by atoms with Crippen molar-refractivity contribution in [1.29, 1.82) is 0 Å². The number of hydrogen-bond acceptors (Lipinski definition) is 12. The number of phenolic OH excluding ortho intramolecular Hbond substituents is 3. The first-order valence-electron chi connectivity index (χ1n) is 18.6. The molecule has 1 amide bonds. The van der Waals surface area contributed by atoms with E-state index in [4.69, 9.17) is 9.47 Å². The fourth-order valence-corrected chi connectivity index (χ4v) is 8.56. The van der Waals surface area contributed by atoms with Crippen LogP contribution in [0.25, 0.3) is 6.08 Å². The lowest BCUT2D eigenvalue weighted by Crippen LogP contribution is -2.60. The Kier molecular flexibility index (Phi) is 11.1. The number of rotatable bonds is 11. The largest absolute Gasteiger partial charge is 0.508 e. The van der Waals surface area contributed by atoms with E-state index in [0.29, 0.717) is 41.5 Å². The van der Waals surface area contributed by atoms with Crippen LogP contribution in [0.3, 0.4) is 0 Å². The van der Waals surface area contributed by atoms with Gasteiger partial charge in [0, 0.05) is 47.5 Å². The Labute approximate surface area is 321 Å². The summed E-state index contributed by atoms with van der Waals surface area (Å²) in [5.74, 6) is -3.57. The molecule has 15 heteroatoms. The van der Waals surface area contributed by atoms with Crippen LogP contribution in [0, 0.1) is 0 Å². The molecule has 1 saturated heterocycles. The number of aromatic nitrogens is 2. The number of imidazole rings is 1. The zero-order chi connectivity index (χ0) is 39.7. The summed E-state index contributed by atoms with van der Waals surface area (Å²) in [6.07, 6.45) is 2.14. The summed E-state index contributed by atoms with van der Waals surface area (Å²) < 4.78 is 11.3. The minimum atomic E-state index is -1.81. The molecule has 7 rings (SSSR count). The van der Waals surface area contributed by atoms with E-state index in [9.17, 15) is 50.4 Å². The van der Waals surface area contributed by atoms with Crippen molar-refractivity contribution in [1.82, 2.24) is 9.97 Å². The first kappa shape index (κ1) is 38.8. The predicted octanol–water partition coefficient (Wildman–Crippen LogP) is 3.19. The van der Waals surface area contributed by atoms with Crippen molar-refractivity contribution < 1.29 is 59.9 Å². The van der Waals surface area contributed by atoms with E-state index in [1.807, 2.05) is 12.1 Å². The number of carboxylic acid groups (broad SMARTS) is 1. The van der Waals surface area contributed by atoms with Crippen LogP contribution in [0.2, 0.25) is 0 Å². The van der Waals surface area contributed by atoms with Crippen LogP contribution in [0.4, 0.5) is 5.69 Å². The van der Waals surface area contributed by atoms with Crippen molar-refractivity contribution in [3.8, 4) is 23.0 Å². The highest BCUT2D eigenvalue weighted by Crippen LogP contribution is 2.55. The number of carbonyl (C=O) groups excluding carboxylic acids is 1. The van der Waals surface area contributed by atoms with Gasteiger partial charge in [-0.3, -0.25) is 9.69 Å². The molecule has 3 heterocycles. The number of para-hydroxylation sites is 1. The van der Waals surface area contributed by atoms with E-state index in [2.05, 4.69) is 9.97 Å². The molecule has 7 unspecified atom stereocenters. The molecule has 296 valence electrons. The number of amides is 1. The van der Waals surface area contributed by atoms with Gasteiger partial charge in [-0.05, 0) is 66.1 Å². The molecule has 3 aliphatic rings. The number of nitrogens with zero attached hydrogens (tertiary/aromatic N) is 2. The third-order valence-electron chi connectivity index (χ3n) is 11.4. The van der Waals surface area contributed by atoms with Gasteiger partial charge in [0.1, 0.15) is 42.0 Å². The number of carboxylic acids is 1. The summed E-state index contributed by atoms with van der Waals surface area (Å²) in [4.78, 5) is 35.9. The van der Waals surface area contributed by atoms with Crippen LogP contribution < -0.4 is 9.64 Å². The van der Waals surface area contributed by atoms with Crippen LogP contribution in [0.5, 0.6) is 23.0 Å². The number of aliphatic hydroxyl groups is 4. The van der Waals surface area contributed by atoms with Gasteiger partial charge in [0.15, 0.2) is 11.5 Å². The van der Waals surface area contributed by atoms with E-state index in [0.717, 1.165) is 29.9 Å². The summed E-state index contributed by atoms with van der Waals surface area (Å²) in [6.45, 7) is -0.720. The number of benzene rings is 3. The van der Waals surface area contributed by atoms with Gasteiger partial charge in [-0.15, -0.1) is 0 Å². The summed E-state index contributed by atoms with van der Waals surface area (Å²) in [7, 11) is 0. The molecule has 2 fully saturated rings. The second kappa shape index (κ2) is 16.0. The van der Waals surface area contributed by atoms with Gasteiger partial charge in [0.2, 0.25) is 6.29 Å². The number of phenols is 3. The second-order valence-electron chi connectivity index (χ2n) is 14.8. The van der Waals surface area contributed by atoms with Crippen molar-refractivity contribution >= 4 is 23.6 Å². The molecule has 1 saturated carbocycles. The number of fused-ring (bicyclic) bond motifs is 1. The SMILES string of the molecule is O=C(O)C1C(CC2(c3ccccc3O)CCCCC2)c2cc(O)c(OC3OC(CO)C(O)C(O)C3O)cc2N1C(=O)C=Cc1ccc(O)c(Cc2cnc[nH]2)c1. The molecule has 1 aliphatic carbocycles.